The molecule has 1 aromatic carbocycles. The molecule has 0 radical (unpaired) electrons. The Morgan fingerprint density at radius 2 is 1.86 bits per heavy atom. The van der Waals surface area contributed by atoms with E-state index >= 15 is 0 Å². The first kappa shape index (κ1) is 11.3. The van der Waals surface area contributed by atoms with Gasteiger partial charge in [-0.25, -0.2) is 0 Å². The summed E-state index contributed by atoms with van der Waals surface area (Å²) in [6.45, 7) is 8.74. The summed E-state index contributed by atoms with van der Waals surface area (Å²) < 4.78 is 0. The first-order chi connectivity index (χ1) is 6.74. The van der Waals surface area contributed by atoms with Crippen molar-refractivity contribution in [2.45, 2.75) is 33.1 Å². The van der Waals surface area contributed by atoms with Gasteiger partial charge < -0.3 is 5.32 Å². The average Bonchev–Trinajstić information content (AvgIpc) is 2.19. The number of likely N-dealkylation sites (N-methyl/N-ethyl adjacent to an activating group) is 1. The molecule has 0 fully saturated rings. The zero-order valence-electron chi connectivity index (χ0n) is 9.51. The monoisotopic (exact) mass is 193 g/mol. The standard InChI is InChI=1S/C13H21N.H2/c1-4-14-10-9-12-5-7-13(8-6-12)11(2)3;/h5-8,11,14H,4,9-10H2,1-3H3;1H. The van der Waals surface area contributed by atoms with Crippen LogP contribution in [-0.4, -0.2) is 13.1 Å². The van der Waals surface area contributed by atoms with Gasteiger partial charge in [-0.1, -0.05) is 45.0 Å². The van der Waals surface area contributed by atoms with Gasteiger partial charge in [0.05, 0.1) is 0 Å². The van der Waals surface area contributed by atoms with E-state index in [-0.39, 0.29) is 1.43 Å². The molecule has 1 rings (SSSR count). The number of rotatable bonds is 5. The summed E-state index contributed by atoms with van der Waals surface area (Å²) in [6, 6.07) is 8.97. The largest absolute Gasteiger partial charge is 0.317 e. The van der Waals surface area contributed by atoms with E-state index in [0.717, 1.165) is 19.5 Å². The Balaban J connectivity index is 0.00000196. The van der Waals surface area contributed by atoms with Crippen LogP contribution >= 0.6 is 0 Å². The molecular formula is C13H23N. The predicted molar refractivity (Wildman–Crippen MR) is 64.9 cm³/mol. The second kappa shape index (κ2) is 5.82. The van der Waals surface area contributed by atoms with E-state index < -0.39 is 0 Å². The molecule has 0 heterocycles. The molecule has 1 nitrogen and oxygen atoms in total. The Kier molecular flexibility index (Phi) is 4.68. The van der Waals surface area contributed by atoms with Crippen LogP contribution in [0.15, 0.2) is 24.3 Å². The minimum absolute atomic E-state index is 0. The lowest BCUT2D eigenvalue weighted by Gasteiger charge is -2.07. The SMILES string of the molecule is CCNCCc1ccc(C(C)C)cc1.[HH]. The summed E-state index contributed by atoms with van der Waals surface area (Å²) in [5, 5.41) is 3.33. The quantitative estimate of drug-likeness (QED) is 0.708. The van der Waals surface area contributed by atoms with Crippen LogP contribution in [0.4, 0.5) is 0 Å². The summed E-state index contributed by atoms with van der Waals surface area (Å²) >= 11 is 0. The molecule has 0 aliphatic heterocycles. The molecule has 0 unspecified atom stereocenters. The van der Waals surface area contributed by atoms with E-state index in [9.17, 15) is 0 Å². The van der Waals surface area contributed by atoms with Crippen molar-refractivity contribution in [1.29, 1.82) is 0 Å². The molecule has 14 heavy (non-hydrogen) atoms. The number of hydrogen-bond donors (Lipinski definition) is 1. The van der Waals surface area contributed by atoms with E-state index in [1.54, 1.807) is 0 Å². The van der Waals surface area contributed by atoms with Gasteiger partial charge in [0.15, 0.2) is 0 Å². The Labute approximate surface area is 89.0 Å². The van der Waals surface area contributed by atoms with Gasteiger partial charge in [-0.15, -0.1) is 0 Å². The second-order valence-electron chi connectivity index (χ2n) is 4.00. The number of benzene rings is 1. The molecule has 0 saturated heterocycles. The smallest absolute Gasteiger partial charge is 0 e. The molecule has 0 amide bonds. The molecule has 0 saturated carbocycles. The highest BCUT2D eigenvalue weighted by atomic mass is 14.8. The average molecular weight is 193 g/mol. The van der Waals surface area contributed by atoms with E-state index in [1.165, 1.54) is 11.1 Å². The molecule has 0 bridgehead atoms. The summed E-state index contributed by atoms with van der Waals surface area (Å²) in [7, 11) is 0. The summed E-state index contributed by atoms with van der Waals surface area (Å²) in [4.78, 5) is 0. The molecule has 1 N–H and O–H groups in total. The van der Waals surface area contributed by atoms with Gasteiger partial charge in [-0.3, -0.25) is 0 Å². The van der Waals surface area contributed by atoms with Gasteiger partial charge in [0.2, 0.25) is 0 Å². The third-order valence-corrected chi connectivity index (χ3v) is 2.49. The van der Waals surface area contributed by atoms with E-state index in [1.807, 2.05) is 0 Å². The maximum atomic E-state index is 3.33. The van der Waals surface area contributed by atoms with Crippen molar-refractivity contribution in [2.75, 3.05) is 13.1 Å². The molecule has 1 aromatic rings. The molecule has 80 valence electrons. The predicted octanol–water partition coefficient (Wildman–Crippen LogP) is 3.21. The maximum Gasteiger partial charge on any atom is 0 e. The lowest BCUT2D eigenvalue weighted by Crippen LogP contribution is -2.15. The molecule has 1 heteroatoms. The van der Waals surface area contributed by atoms with Crippen molar-refractivity contribution in [1.82, 2.24) is 5.32 Å². The van der Waals surface area contributed by atoms with Gasteiger partial charge in [0.1, 0.15) is 0 Å². The van der Waals surface area contributed by atoms with Crippen LogP contribution in [0.1, 0.15) is 39.2 Å². The Bertz CT molecular complexity index is 254. The molecule has 0 aliphatic carbocycles. The highest BCUT2D eigenvalue weighted by Crippen LogP contribution is 2.14. The summed E-state index contributed by atoms with van der Waals surface area (Å²) in [6.07, 6.45) is 1.13. The first-order valence-electron chi connectivity index (χ1n) is 5.53. The lowest BCUT2D eigenvalue weighted by molar-refractivity contribution is 0.716. The van der Waals surface area contributed by atoms with Gasteiger partial charge in [-0.2, -0.15) is 0 Å². The highest BCUT2D eigenvalue weighted by molar-refractivity contribution is 5.24. The zero-order chi connectivity index (χ0) is 10.4. The van der Waals surface area contributed by atoms with Crippen molar-refractivity contribution in [3.8, 4) is 0 Å². The number of hydrogen-bond acceptors (Lipinski definition) is 1. The van der Waals surface area contributed by atoms with Crippen LogP contribution in [0.25, 0.3) is 0 Å². The van der Waals surface area contributed by atoms with Gasteiger partial charge in [0.25, 0.3) is 0 Å². The number of nitrogens with one attached hydrogen (secondary N) is 1. The van der Waals surface area contributed by atoms with E-state index in [0.29, 0.717) is 5.92 Å². The fourth-order valence-electron chi connectivity index (χ4n) is 1.48. The summed E-state index contributed by atoms with van der Waals surface area (Å²) in [5.41, 5.74) is 2.85. The van der Waals surface area contributed by atoms with Crippen molar-refractivity contribution in [3.63, 3.8) is 0 Å². The molecule has 0 spiro atoms. The third kappa shape index (κ3) is 3.51. The van der Waals surface area contributed by atoms with Crippen LogP contribution in [0, 0.1) is 0 Å². The summed E-state index contributed by atoms with van der Waals surface area (Å²) in [5.74, 6) is 0.637. The van der Waals surface area contributed by atoms with Gasteiger partial charge in [0, 0.05) is 1.43 Å². The normalized spacial score (nSPS) is 10.9. The fraction of sp³-hybridized carbons (Fsp3) is 0.538. The molecular weight excluding hydrogens is 170 g/mol. The second-order valence-corrected chi connectivity index (χ2v) is 4.00. The minimum Gasteiger partial charge on any atom is -0.317 e. The van der Waals surface area contributed by atoms with Crippen LogP contribution in [-0.2, 0) is 6.42 Å². The highest BCUT2D eigenvalue weighted by Gasteiger charge is 1.98. The molecule has 0 aromatic heterocycles. The maximum absolute atomic E-state index is 3.33. The topological polar surface area (TPSA) is 12.0 Å². The van der Waals surface area contributed by atoms with Crippen LogP contribution in [0.2, 0.25) is 0 Å². The first-order valence-corrected chi connectivity index (χ1v) is 5.53. The van der Waals surface area contributed by atoms with Crippen molar-refractivity contribution in [2.24, 2.45) is 0 Å². The third-order valence-electron chi connectivity index (χ3n) is 2.49. The van der Waals surface area contributed by atoms with Crippen molar-refractivity contribution in [3.05, 3.63) is 35.4 Å². The zero-order valence-corrected chi connectivity index (χ0v) is 9.51. The van der Waals surface area contributed by atoms with Crippen molar-refractivity contribution < 1.29 is 1.43 Å². The molecule has 0 aliphatic rings. The van der Waals surface area contributed by atoms with Crippen LogP contribution in [0.5, 0.6) is 0 Å². The molecule has 0 atom stereocenters. The van der Waals surface area contributed by atoms with Crippen LogP contribution < -0.4 is 5.32 Å². The lowest BCUT2D eigenvalue weighted by atomic mass is 10.0. The van der Waals surface area contributed by atoms with E-state index in [4.69, 9.17) is 0 Å². The van der Waals surface area contributed by atoms with E-state index in [2.05, 4.69) is 50.4 Å². The Morgan fingerprint density at radius 1 is 1.21 bits per heavy atom. The minimum atomic E-state index is 0. The Morgan fingerprint density at radius 3 is 2.36 bits per heavy atom. The van der Waals surface area contributed by atoms with Gasteiger partial charge in [-0.05, 0) is 36.6 Å². The Hall–Kier alpha value is -0.820. The van der Waals surface area contributed by atoms with Crippen LogP contribution in [0.3, 0.4) is 0 Å². The van der Waals surface area contributed by atoms with Crippen molar-refractivity contribution >= 4 is 0 Å². The van der Waals surface area contributed by atoms with Gasteiger partial charge >= 0.3 is 0 Å². The fourth-order valence-corrected chi connectivity index (χ4v) is 1.48.